The van der Waals surface area contributed by atoms with E-state index in [0.717, 1.165) is 30.9 Å². The number of nitrogens with zero attached hydrogens (tertiary/aromatic N) is 2. The third kappa shape index (κ3) is 2.65. The lowest BCUT2D eigenvalue weighted by Gasteiger charge is -2.27. The number of hydrogen-bond donors (Lipinski definition) is 2. The first kappa shape index (κ1) is 13.2. The zero-order chi connectivity index (χ0) is 14.8. The molecule has 0 amide bonds. The Bertz CT molecular complexity index is 796. The van der Waals surface area contributed by atoms with Gasteiger partial charge in [-0.25, -0.2) is 9.97 Å². The van der Waals surface area contributed by atoms with E-state index in [1.54, 1.807) is 0 Å². The lowest BCUT2D eigenvalue weighted by atomic mass is 10.0. The topological polar surface area (TPSA) is 49.8 Å². The van der Waals surface area contributed by atoms with Crippen LogP contribution in [0.4, 0.5) is 5.95 Å². The van der Waals surface area contributed by atoms with E-state index in [-0.39, 0.29) is 0 Å². The molecule has 3 aromatic rings. The first-order valence-electron chi connectivity index (χ1n) is 7.65. The number of anilines is 1. The summed E-state index contributed by atoms with van der Waals surface area (Å²) in [6, 6.07) is 16.8. The van der Waals surface area contributed by atoms with Crippen LogP contribution in [-0.2, 0) is 0 Å². The highest BCUT2D eigenvalue weighted by molar-refractivity contribution is 5.86. The maximum absolute atomic E-state index is 4.64. The Morgan fingerprint density at radius 1 is 1.05 bits per heavy atom. The number of hydrogen-bond acceptors (Lipinski definition) is 4. The van der Waals surface area contributed by atoms with E-state index < -0.39 is 0 Å². The standard InChI is InChI=1S/C18H18N4/c1-2-4-15-9-16(6-5-14(15)3-1)17-7-8-20-18(22-17)21-12-13-10-19-11-13/h1-9,13,19H,10-12H2,(H,20,21,22). The molecule has 2 N–H and O–H groups in total. The Morgan fingerprint density at radius 2 is 1.91 bits per heavy atom. The van der Waals surface area contributed by atoms with Crippen molar-refractivity contribution in [3.63, 3.8) is 0 Å². The average molecular weight is 290 g/mol. The Labute approximate surface area is 129 Å². The smallest absolute Gasteiger partial charge is 0.223 e. The van der Waals surface area contributed by atoms with Crippen LogP contribution in [0.25, 0.3) is 22.0 Å². The van der Waals surface area contributed by atoms with Crippen LogP contribution in [0, 0.1) is 5.92 Å². The van der Waals surface area contributed by atoms with Crippen molar-refractivity contribution < 1.29 is 0 Å². The highest BCUT2D eigenvalue weighted by atomic mass is 15.1. The van der Waals surface area contributed by atoms with Crippen LogP contribution < -0.4 is 10.6 Å². The van der Waals surface area contributed by atoms with E-state index in [1.807, 2.05) is 12.3 Å². The van der Waals surface area contributed by atoms with Crippen molar-refractivity contribution in [3.8, 4) is 11.3 Å². The molecule has 1 saturated heterocycles. The van der Waals surface area contributed by atoms with Crippen molar-refractivity contribution in [2.75, 3.05) is 25.0 Å². The molecule has 0 spiro atoms. The molecule has 1 aliphatic rings. The van der Waals surface area contributed by atoms with Crippen molar-refractivity contribution in [1.29, 1.82) is 0 Å². The molecule has 0 aliphatic carbocycles. The predicted molar refractivity (Wildman–Crippen MR) is 89.8 cm³/mol. The Hall–Kier alpha value is -2.46. The fourth-order valence-corrected chi connectivity index (χ4v) is 2.68. The maximum Gasteiger partial charge on any atom is 0.223 e. The van der Waals surface area contributed by atoms with Gasteiger partial charge in [-0.05, 0) is 22.9 Å². The summed E-state index contributed by atoms with van der Waals surface area (Å²) in [4.78, 5) is 8.95. The second-order valence-electron chi connectivity index (χ2n) is 5.73. The summed E-state index contributed by atoms with van der Waals surface area (Å²) in [6.07, 6.45) is 1.82. The van der Waals surface area contributed by atoms with Crippen molar-refractivity contribution in [3.05, 3.63) is 54.7 Å². The molecule has 4 nitrogen and oxygen atoms in total. The molecule has 1 aromatic heterocycles. The number of aromatic nitrogens is 2. The Balaban J connectivity index is 1.59. The van der Waals surface area contributed by atoms with Crippen molar-refractivity contribution >= 4 is 16.7 Å². The quantitative estimate of drug-likeness (QED) is 0.775. The molecule has 22 heavy (non-hydrogen) atoms. The highest BCUT2D eigenvalue weighted by Crippen LogP contribution is 2.23. The fraction of sp³-hybridized carbons (Fsp3) is 0.222. The van der Waals surface area contributed by atoms with Crippen molar-refractivity contribution in [2.24, 2.45) is 5.92 Å². The molecule has 0 saturated carbocycles. The summed E-state index contributed by atoms with van der Waals surface area (Å²) in [5, 5.41) is 9.08. The van der Waals surface area contributed by atoms with Gasteiger partial charge in [0.15, 0.2) is 0 Å². The van der Waals surface area contributed by atoms with Crippen LogP contribution in [0.3, 0.4) is 0 Å². The Kier molecular flexibility index (Phi) is 3.45. The van der Waals surface area contributed by atoms with Crippen molar-refractivity contribution in [1.82, 2.24) is 15.3 Å². The van der Waals surface area contributed by atoms with E-state index in [2.05, 4.69) is 63.1 Å². The SMILES string of the molecule is c1ccc2cc(-c3ccnc(NCC4CNC4)n3)ccc2c1. The molecule has 1 fully saturated rings. The van der Waals surface area contributed by atoms with Crippen LogP contribution in [0.5, 0.6) is 0 Å². The van der Waals surface area contributed by atoms with Gasteiger partial charge in [0.05, 0.1) is 5.69 Å². The van der Waals surface area contributed by atoms with Gasteiger partial charge in [-0.1, -0.05) is 36.4 Å². The summed E-state index contributed by atoms with van der Waals surface area (Å²) < 4.78 is 0. The molecular weight excluding hydrogens is 272 g/mol. The van der Waals surface area contributed by atoms with E-state index in [4.69, 9.17) is 0 Å². The van der Waals surface area contributed by atoms with E-state index in [0.29, 0.717) is 11.9 Å². The van der Waals surface area contributed by atoms with Crippen LogP contribution in [0.1, 0.15) is 0 Å². The third-order valence-corrected chi connectivity index (χ3v) is 4.12. The summed E-state index contributed by atoms with van der Waals surface area (Å²) in [5.41, 5.74) is 2.07. The molecule has 2 aromatic carbocycles. The number of fused-ring (bicyclic) bond motifs is 1. The van der Waals surface area contributed by atoms with Crippen LogP contribution in [-0.4, -0.2) is 29.6 Å². The van der Waals surface area contributed by atoms with Gasteiger partial charge < -0.3 is 10.6 Å². The van der Waals surface area contributed by atoms with Gasteiger partial charge in [0.1, 0.15) is 0 Å². The summed E-state index contributed by atoms with van der Waals surface area (Å²) >= 11 is 0. The third-order valence-electron chi connectivity index (χ3n) is 4.12. The van der Waals surface area contributed by atoms with Crippen LogP contribution in [0.15, 0.2) is 54.7 Å². The van der Waals surface area contributed by atoms with Crippen LogP contribution >= 0.6 is 0 Å². The molecule has 0 atom stereocenters. The van der Waals surface area contributed by atoms with E-state index in [9.17, 15) is 0 Å². The second kappa shape index (κ2) is 5.73. The van der Waals surface area contributed by atoms with Gasteiger partial charge >= 0.3 is 0 Å². The Morgan fingerprint density at radius 3 is 2.73 bits per heavy atom. The van der Waals surface area contributed by atoms with Crippen LogP contribution in [0.2, 0.25) is 0 Å². The van der Waals surface area contributed by atoms with Gasteiger partial charge in [-0.2, -0.15) is 0 Å². The second-order valence-corrected chi connectivity index (χ2v) is 5.73. The molecule has 0 bridgehead atoms. The van der Waals surface area contributed by atoms with E-state index >= 15 is 0 Å². The maximum atomic E-state index is 4.64. The fourth-order valence-electron chi connectivity index (χ4n) is 2.68. The largest absolute Gasteiger partial charge is 0.354 e. The van der Waals surface area contributed by atoms with Gasteiger partial charge in [0.25, 0.3) is 0 Å². The zero-order valence-electron chi connectivity index (χ0n) is 12.3. The first-order chi connectivity index (χ1) is 10.9. The average Bonchev–Trinajstić information content (AvgIpc) is 2.53. The summed E-state index contributed by atoms with van der Waals surface area (Å²) in [7, 11) is 0. The number of benzene rings is 2. The van der Waals surface area contributed by atoms with Gasteiger partial charge in [0, 0.05) is 37.3 Å². The highest BCUT2D eigenvalue weighted by Gasteiger charge is 2.16. The zero-order valence-corrected chi connectivity index (χ0v) is 12.3. The lowest BCUT2D eigenvalue weighted by molar-refractivity contribution is 0.365. The van der Waals surface area contributed by atoms with Gasteiger partial charge in [-0.15, -0.1) is 0 Å². The van der Waals surface area contributed by atoms with E-state index in [1.165, 1.54) is 10.8 Å². The monoisotopic (exact) mass is 290 g/mol. The minimum absolute atomic E-state index is 0.688. The predicted octanol–water partition coefficient (Wildman–Crippen LogP) is 2.93. The van der Waals surface area contributed by atoms with Crippen molar-refractivity contribution in [2.45, 2.75) is 0 Å². The summed E-state index contributed by atoms with van der Waals surface area (Å²) in [6.45, 7) is 3.09. The molecule has 4 rings (SSSR count). The minimum Gasteiger partial charge on any atom is -0.354 e. The molecule has 0 radical (unpaired) electrons. The van der Waals surface area contributed by atoms with Gasteiger partial charge in [-0.3, -0.25) is 0 Å². The molecule has 2 heterocycles. The molecule has 0 unspecified atom stereocenters. The molecule has 110 valence electrons. The normalized spacial score (nSPS) is 14.7. The molecule has 4 heteroatoms. The number of rotatable bonds is 4. The minimum atomic E-state index is 0.688. The first-order valence-corrected chi connectivity index (χ1v) is 7.65. The molecular formula is C18H18N4. The molecule has 1 aliphatic heterocycles. The lowest BCUT2D eigenvalue weighted by Crippen LogP contribution is -2.45. The van der Waals surface area contributed by atoms with Gasteiger partial charge in [0.2, 0.25) is 5.95 Å². The number of nitrogens with one attached hydrogen (secondary N) is 2. The summed E-state index contributed by atoms with van der Waals surface area (Å²) in [5.74, 6) is 1.39.